The van der Waals surface area contributed by atoms with Gasteiger partial charge in [0.25, 0.3) is 0 Å². The summed E-state index contributed by atoms with van der Waals surface area (Å²) in [4.78, 5) is 2.53. The standard InChI is InChI=1S/C16H22ClFN2/c17-15-6-3-12(8-16(15)18)10-20(14-4-5-14)11-13-2-1-7-19-9-13/h3,6,8,13-14,19H,1-2,4-5,7,9-11H2. The highest BCUT2D eigenvalue weighted by Crippen LogP contribution is 2.30. The second-order valence-corrected chi connectivity index (χ2v) is 6.53. The van der Waals surface area contributed by atoms with Crippen molar-refractivity contribution < 1.29 is 4.39 Å². The van der Waals surface area contributed by atoms with E-state index in [2.05, 4.69) is 10.2 Å². The molecule has 0 bridgehead atoms. The van der Waals surface area contributed by atoms with Gasteiger partial charge in [0.2, 0.25) is 0 Å². The van der Waals surface area contributed by atoms with E-state index in [1.807, 2.05) is 6.07 Å². The molecule has 1 atom stereocenters. The number of hydrogen-bond donors (Lipinski definition) is 1. The molecule has 20 heavy (non-hydrogen) atoms. The van der Waals surface area contributed by atoms with Crippen LogP contribution in [0.25, 0.3) is 0 Å². The molecule has 1 heterocycles. The molecule has 2 aliphatic rings. The van der Waals surface area contributed by atoms with E-state index in [0.29, 0.717) is 6.04 Å². The topological polar surface area (TPSA) is 15.3 Å². The fourth-order valence-electron chi connectivity index (χ4n) is 3.07. The van der Waals surface area contributed by atoms with E-state index in [4.69, 9.17) is 11.6 Å². The minimum Gasteiger partial charge on any atom is -0.316 e. The monoisotopic (exact) mass is 296 g/mol. The van der Waals surface area contributed by atoms with Crippen molar-refractivity contribution in [2.45, 2.75) is 38.3 Å². The molecule has 2 nitrogen and oxygen atoms in total. The van der Waals surface area contributed by atoms with Crippen molar-refractivity contribution in [2.24, 2.45) is 5.92 Å². The Morgan fingerprint density at radius 3 is 2.80 bits per heavy atom. The fourth-order valence-corrected chi connectivity index (χ4v) is 3.18. The number of halogens is 2. The molecule has 1 N–H and O–H groups in total. The lowest BCUT2D eigenvalue weighted by Crippen LogP contribution is -2.39. The molecule has 1 aromatic carbocycles. The van der Waals surface area contributed by atoms with Gasteiger partial charge >= 0.3 is 0 Å². The Morgan fingerprint density at radius 2 is 2.15 bits per heavy atom. The van der Waals surface area contributed by atoms with Gasteiger partial charge in [0.15, 0.2) is 0 Å². The molecule has 1 aliphatic heterocycles. The van der Waals surface area contributed by atoms with Crippen molar-refractivity contribution in [1.29, 1.82) is 0 Å². The van der Waals surface area contributed by atoms with E-state index in [-0.39, 0.29) is 10.8 Å². The Kier molecular flexibility index (Phi) is 4.59. The molecule has 0 spiro atoms. The molecule has 3 rings (SSSR count). The van der Waals surface area contributed by atoms with Crippen LogP contribution < -0.4 is 5.32 Å². The van der Waals surface area contributed by atoms with Crippen LogP contribution >= 0.6 is 11.6 Å². The third kappa shape index (κ3) is 3.72. The summed E-state index contributed by atoms with van der Waals surface area (Å²) in [5.74, 6) is 0.431. The number of nitrogens with zero attached hydrogens (tertiary/aromatic N) is 1. The van der Waals surface area contributed by atoms with Crippen molar-refractivity contribution in [3.8, 4) is 0 Å². The maximum atomic E-state index is 13.5. The van der Waals surface area contributed by atoms with Crippen LogP contribution in [0.4, 0.5) is 4.39 Å². The summed E-state index contributed by atoms with van der Waals surface area (Å²) in [5.41, 5.74) is 1.03. The highest BCUT2D eigenvalue weighted by Gasteiger charge is 2.30. The normalized spacial score (nSPS) is 23.2. The van der Waals surface area contributed by atoms with Gasteiger partial charge in [0.1, 0.15) is 5.82 Å². The summed E-state index contributed by atoms with van der Waals surface area (Å²) in [6, 6.07) is 5.90. The second-order valence-electron chi connectivity index (χ2n) is 6.12. The molecule has 1 aromatic rings. The first-order valence-electron chi connectivity index (χ1n) is 7.61. The van der Waals surface area contributed by atoms with Gasteiger partial charge in [-0.2, -0.15) is 0 Å². The minimum absolute atomic E-state index is 0.211. The predicted octanol–water partition coefficient (Wildman–Crippen LogP) is 3.44. The molecular formula is C16H22ClFN2. The second kappa shape index (κ2) is 6.42. The fraction of sp³-hybridized carbons (Fsp3) is 0.625. The summed E-state index contributed by atoms with van der Waals surface area (Å²) in [6.07, 6.45) is 5.16. The highest BCUT2D eigenvalue weighted by molar-refractivity contribution is 6.30. The van der Waals surface area contributed by atoms with Crippen LogP contribution in [0.3, 0.4) is 0 Å². The van der Waals surface area contributed by atoms with Gasteiger partial charge in [-0.25, -0.2) is 4.39 Å². The number of benzene rings is 1. The molecular weight excluding hydrogens is 275 g/mol. The molecule has 4 heteroatoms. The van der Waals surface area contributed by atoms with E-state index in [9.17, 15) is 4.39 Å². The summed E-state index contributed by atoms with van der Waals surface area (Å²) in [6.45, 7) is 4.25. The first-order valence-corrected chi connectivity index (χ1v) is 7.99. The summed E-state index contributed by atoms with van der Waals surface area (Å²) in [5, 5.41) is 3.69. The van der Waals surface area contributed by atoms with Crippen molar-refractivity contribution in [1.82, 2.24) is 10.2 Å². The largest absolute Gasteiger partial charge is 0.316 e. The Balaban J connectivity index is 1.62. The summed E-state index contributed by atoms with van der Waals surface area (Å²) >= 11 is 5.75. The van der Waals surface area contributed by atoms with Crippen LogP contribution in [0.15, 0.2) is 18.2 Å². The van der Waals surface area contributed by atoms with E-state index in [1.54, 1.807) is 12.1 Å². The Labute approximate surface area is 125 Å². The number of nitrogens with one attached hydrogen (secondary N) is 1. The van der Waals surface area contributed by atoms with Gasteiger partial charge in [-0.3, -0.25) is 4.90 Å². The first kappa shape index (κ1) is 14.3. The molecule has 1 aliphatic carbocycles. The molecule has 1 unspecified atom stereocenters. The van der Waals surface area contributed by atoms with Gasteiger partial charge in [-0.15, -0.1) is 0 Å². The number of hydrogen-bond acceptors (Lipinski definition) is 2. The van der Waals surface area contributed by atoms with Gasteiger partial charge < -0.3 is 5.32 Å². The van der Waals surface area contributed by atoms with Crippen LogP contribution in [-0.4, -0.2) is 30.6 Å². The lowest BCUT2D eigenvalue weighted by Gasteiger charge is -2.30. The maximum absolute atomic E-state index is 13.5. The molecule has 110 valence electrons. The number of piperidine rings is 1. The van der Waals surface area contributed by atoms with E-state index in [1.165, 1.54) is 25.7 Å². The van der Waals surface area contributed by atoms with Crippen molar-refractivity contribution in [3.63, 3.8) is 0 Å². The average molecular weight is 297 g/mol. The van der Waals surface area contributed by atoms with Gasteiger partial charge in [-0.1, -0.05) is 17.7 Å². The van der Waals surface area contributed by atoms with Gasteiger partial charge in [0, 0.05) is 19.1 Å². The van der Waals surface area contributed by atoms with Crippen LogP contribution in [0.2, 0.25) is 5.02 Å². The smallest absolute Gasteiger partial charge is 0.142 e. The highest BCUT2D eigenvalue weighted by atomic mass is 35.5. The van der Waals surface area contributed by atoms with Gasteiger partial charge in [-0.05, 0) is 62.4 Å². The number of rotatable bonds is 5. The quantitative estimate of drug-likeness (QED) is 0.895. The maximum Gasteiger partial charge on any atom is 0.142 e. The Bertz CT molecular complexity index is 456. The zero-order valence-electron chi connectivity index (χ0n) is 11.7. The van der Waals surface area contributed by atoms with Crippen molar-refractivity contribution >= 4 is 11.6 Å². The lowest BCUT2D eigenvalue weighted by atomic mass is 9.98. The SMILES string of the molecule is Fc1cc(CN(CC2CCCNC2)C2CC2)ccc1Cl. The Hall–Kier alpha value is -0.640. The van der Waals surface area contributed by atoms with E-state index >= 15 is 0 Å². The summed E-state index contributed by atoms with van der Waals surface area (Å²) < 4.78 is 13.5. The van der Waals surface area contributed by atoms with Crippen molar-refractivity contribution in [2.75, 3.05) is 19.6 Å². The Morgan fingerprint density at radius 1 is 1.30 bits per heavy atom. The molecule has 1 saturated carbocycles. The van der Waals surface area contributed by atoms with Crippen molar-refractivity contribution in [3.05, 3.63) is 34.6 Å². The van der Waals surface area contributed by atoms with Crippen LogP contribution in [0.1, 0.15) is 31.2 Å². The average Bonchev–Trinajstić information content (AvgIpc) is 3.28. The van der Waals surface area contributed by atoms with Crippen LogP contribution in [0, 0.1) is 11.7 Å². The first-order chi connectivity index (χ1) is 9.72. The zero-order valence-corrected chi connectivity index (χ0v) is 12.5. The third-order valence-electron chi connectivity index (χ3n) is 4.32. The van der Waals surface area contributed by atoms with Crippen LogP contribution in [0.5, 0.6) is 0 Å². The van der Waals surface area contributed by atoms with Crippen LogP contribution in [-0.2, 0) is 6.54 Å². The van der Waals surface area contributed by atoms with Gasteiger partial charge in [0.05, 0.1) is 5.02 Å². The molecule has 1 saturated heterocycles. The van der Waals surface area contributed by atoms with E-state index < -0.39 is 0 Å². The molecule has 0 radical (unpaired) electrons. The molecule has 2 fully saturated rings. The van der Waals surface area contributed by atoms with E-state index in [0.717, 1.165) is 37.7 Å². The lowest BCUT2D eigenvalue weighted by molar-refractivity contribution is 0.192. The molecule has 0 amide bonds. The zero-order chi connectivity index (χ0) is 13.9. The minimum atomic E-state index is -0.306. The molecule has 0 aromatic heterocycles. The predicted molar refractivity (Wildman–Crippen MR) is 80.4 cm³/mol. The third-order valence-corrected chi connectivity index (χ3v) is 4.63. The summed E-state index contributed by atoms with van der Waals surface area (Å²) in [7, 11) is 0.